The van der Waals surface area contributed by atoms with E-state index in [1.807, 2.05) is 0 Å². The van der Waals surface area contributed by atoms with Crippen LogP contribution in [0.2, 0.25) is 0 Å². The maximum atomic E-state index is 3.64. The van der Waals surface area contributed by atoms with E-state index in [9.17, 15) is 0 Å². The van der Waals surface area contributed by atoms with Crippen LogP contribution in [-0.4, -0.2) is 0 Å². The Bertz CT molecular complexity index is 466. The molecule has 2 atom stereocenters. The summed E-state index contributed by atoms with van der Waals surface area (Å²) in [5.74, 6) is 0. The molecule has 0 bridgehead atoms. The Hall–Kier alpha value is -1.12. The summed E-state index contributed by atoms with van der Waals surface area (Å²) >= 11 is 3.47. The monoisotopic (exact) mass is 317 g/mol. The highest BCUT2D eigenvalue weighted by atomic mass is 79.9. The summed E-state index contributed by atoms with van der Waals surface area (Å²) in [4.78, 5) is 0. The largest absolute Gasteiger partial charge is 0.304 e. The second-order valence-corrected chi connectivity index (χ2v) is 5.99. The van der Waals surface area contributed by atoms with E-state index in [1.54, 1.807) is 0 Å². The Balaban J connectivity index is 2.03. The summed E-state index contributed by atoms with van der Waals surface area (Å²) in [5, 5.41) is 3.64. The van der Waals surface area contributed by atoms with Gasteiger partial charge in [-0.25, -0.2) is 0 Å². The van der Waals surface area contributed by atoms with Crippen LogP contribution in [0.3, 0.4) is 0 Å². The molecule has 0 saturated heterocycles. The third kappa shape index (κ3) is 3.92. The molecule has 0 fully saturated rings. The van der Waals surface area contributed by atoms with Gasteiger partial charge in [0, 0.05) is 16.6 Å². The smallest absolute Gasteiger partial charge is 0.0297 e. The Morgan fingerprint density at radius 2 is 1.21 bits per heavy atom. The maximum absolute atomic E-state index is 3.64. The quantitative estimate of drug-likeness (QED) is 0.820. The normalized spacial score (nSPS) is 14.1. The number of halogens is 1. The topological polar surface area (TPSA) is 12.0 Å². The predicted octanol–water partition coefficient (Wildman–Crippen LogP) is 5.17. The Morgan fingerprint density at radius 1 is 0.789 bits per heavy atom. The second kappa shape index (κ2) is 6.36. The average molecular weight is 318 g/mol. The summed E-state index contributed by atoms with van der Waals surface area (Å²) in [6.45, 7) is 6.53. The molecule has 2 heteroatoms. The third-order valence-corrected chi connectivity index (χ3v) is 3.98. The molecule has 0 aliphatic rings. The van der Waals surface area contributed by atoms with Gasteiger partial charge in [-0.1, -0.05) is 57.9 Å². The first-order valence-corrected chi connectivity index (χ1v) is 7.43. The molecule has 0 spiro atoms. The van der Waals surface area contributed by atoms with Crippen molar-refractivity contribution in [1.29, 1.82) is 0 Å². The van der Waals surface area contributed by atoms with E-state index in [2.05, 4.69) is 90.5 Å². The third-order valence-electron chi connectivity index (χ3n) is 3.45. The van der Waals surface area contributed by atoms with Crippen LogP contribution in [0.5, 0.6) is 0 Å². The maximum Gasteiger partial charge on any atom is 0.0297 e. The molecule has 0 saturated carbocycles. The van der Waals surface area contributed by atoms with Crippen molar-refractivity contribution in [3.05, 3.63) is 69.7 Å². The van der Waals surface area contributed by atoms with Crippen LogP contribution in [0, 0.1) is 6.92 Å². The number of hydrogen-bond acceptors (Lipinski definition) is 1. The number of nitrogens with one attached hydrogen (secondary N) is 1. The van der Waals surface area contributed by atoms with E-state index in [0.717, 1.165) is 4.47 Å². The summed E-state index contributed by atoms with van der Waals surface area (Å²) in [7, 11) is 0. The minimum absolute atomic E-state index is 0.337. The molecule has 1 unspecified atom stereocenters. The number of rotatable bonds is 4. The molecule has 2 aromatic rings. The van der Waals surface area contributed by atoms with Crippen LogP contribution < -0.4 is 5.32 Å². The first-order chi connectivity index (χ1) is 9.06. The van der Waals surface area contributed by atoms with Crippen LogP contribution in [0.25, 0.3) is 0 Å². The van der Waals surface area contributed by atoms with Gasteiger partial charge in [-0.2, -0.15) is 0 Å². The number of hydrogen-bond donors (Lipinski definition) is 1. The first kappa shape index (κ1) is 14.3. The van der Waals surface area contributed by atoms with Gasteiger partial charge >= 0.3 is 0 Å². The molecule has 0 aromatic heterocycles. The van der Waals surface area contributed by atoms with Crippen LogP contribution in [0.1, 0.15) is 42.6 Å². The predicted molar refractivity (Wildman–Crippen MR) is 85.3 cm³/mol. The highest BCUT2D eigenvalue weighted by molar-refractivity contribution is 9.10. The van der Waals surface area contributed by atoms with E-state index in [4.69, 9.17) is 0 Å². The highest BCUT2D eigenvalue weighted by Gasteiger charge is 2.10. The zero-order chi connectivity index (χ0) is 13.8. The lowest BCUT2D eigenvalue weighted by molar-refractivity contribution is 0.494. The van der Waals surface area contributed by atoms with Crippen LogP contribution in [-0.2, 0) is 0 Å². The Kier molecular flexibility index (Phi) is 4.78. The van der Waals surface area contributed by atoms with Gasteiger partial charge in [0.2, 0.25) is 0 Å². The van der Waals surface area contributed by atoms with Gasteiger partial charge in [0.25, 0.3) is 0 Å². The Labute approximate surface area is 124 Å². The SMILES string of the molecule is Cc1ccc([C@H](C)NC(C)c2ccc(Br)cc2)cc1. The molecular formula is C17H20BrN. The van der Waals surface area contributed by atoms with E-state index < -0.39 is 0 Å². The number of aryl methyl sites for hydroxylation is 1. The Morgan fingerprint density at radius 3 is 1.68 bits per heavy atom. The molecule has 100 valence electrons. The molecule has 1 nitrogen and oxygen atoms in total. The lowest BCUT2D eigenvalue weighted by Crippen LogP contribution is -2.22. The van der Waals surface area contributed by atoms with Crippen molar-refractivity contribution in [3.63, 3.8) is 0 Å². The van der Waals surface area contributed by atoms with E-state index >= 15 is 0 Å². The van der Waals surface area contributed by atoms with Gasteiger partial charge in [0.15, 0.2) is 0 Å². The van der Waals surface area contributed by atoms with Gasteiger partial charge in [-0.3, -0.25) is 0 Å². The van der Waals surface area contributed by atoms with Crippen molar-refractivity contribution in [3.8, 4) is 0 Å². The van der Waals surface area contributed by atoms with E-state index in [1.165, 1.54) is 16.7 Å². The summed E-state index contributed by atoms with van der Waals surface area (Å²) in [5.41, 5.74) is 3.94. The van der Waals surface area contributed by atoms with Gasteiger partial charge < -0.3 is 5.32 Å². The molecule has 2 rings (SSSR count). The van der Waals surface area contributed by atoms with Gasteiger partial charge in [0.1, 0.15) is 0 Å². The van der Waals surface area contributed by atoms with Gasteiger partial charge in [0.05, 0.1) is 0 Å². The molecule has 0 heterocycles. The van der Waals surface area contributed by atoms with Crippen LogP contribution in [0.4, 0.5) is 0 Å². The minimum Gasteiger partial charge on any atom is -0.304 e. The van der Waals surface area contributed by atoms with Crippen molar-refractivity contribution in [2.75, 3.05) is 0 Å². The van der Waals surface area contributed by atoms with Gasteiger partial charge in [-0.15, -0.1) is 0 Å². The van der Waals surface area contributed by atoms with E-state index in [-0.39, 0.29) is 0 Å². The lowest BCUT2D eigenvalue weighted by Gasteiger charge is -2.21. The zero-order valence-electron chi connectivity index (χ0n) is 11.7. The fourth-order valence-corrected chi connectivity index (χ4v) is 2.44. The molecule has 0 radical (unpaired) electrons. The number of benzene rings is 2. The second-order valence-electron chi connectivity index (χ2n) is 5.07. The zero-order valence-corrected chi connectivity index (χ0v) is 13.2. The molecule has 0 amide bonds. The average Bonchev–Trinajstić information content (AvgIpc) is 2.40. The molecule has 0 aliphatic carbocycles. The fourth-order valence-electron chi connectivity index (χ4n) is 2.17. The van der Waals surface area contributed by atoms with Gasteiger partial charge in [-0.05, 0) is 44.0 Å². The molecule has 0 aliphatic heterocycles. The minimum atomic E-state index is 0.337. The van der Waals surface area contributed by atoms with Crippen molar-refractivity contribution in [2.45, 2.75) is 32.9 Å². The highest BCUT2D eigenvalue weighted by Crippen LogP contribution is 2.21. The summed E-state index contributed by atoms with van der Waals surface area (Å²) in [6, 6.07) is 17.9. The first-order valence-electron chi connectivity index (χ1n) is 6.64. The van der Waals surface area contributed by atoms with E-state index in [0.29, 0.717) is 12.1 Å². The van der Waals surface area contributed by atoms with Crippen molar-refractivity contribution < 1.29 is 0 Å². The lowest BCUT2D eigenvalue weighted by atomic mass is 10.0. The molecular weight excluding hydrogens is 298 g/mol. The van der Waals surface area contributed by atoms with Crippen LogP contribution in [0.15, 0.2) is 53.0 Å². The van der Waals surface area contributed by atoms with Crippen molar-refractivity contribution in [1.82, 2.24) is 5.32 Å². The van der Waals surface area contributed by atoms with Crippen molar-refractivity contribution in [2.24, 2.45) is 0 Å². The fraction of sp³-hybridized carbons (Fsp3) is 0.294. The summed E-state index contributed by atoms with van der Waals surface area (Å²) in [6.07, 6.45) is 0. The van der Waals surface area contributed by atoms with Crippen molar-refractivity contribution >= 4 is 15.9 Å². The summed E-state index contributed by atoms with van der Waals surface area (Å²) < 4.78 is 1.12. The molecule has 2 aromatic carbocycles. The standard InChI is InChI=1S/C17H20BrN/c1-12-4-6-15(7-5-12)13(2)19-14(3)16-8-10-17(18)11-9-16/h4-11,13-14,19H,1-3H3/t13-,14?/m0/s1. The molecule has 19 heavy (non-hydrogen) atoms. The van der Waals surface area contributed by atoms with Crippen LogP contribution >= 0.6 is 15.9 Å². The molecule has 1 N–H and O–H groups in total.